The molecule has 0 atom stereocenters. The lowest BCUT2D eigenvalue weighted by Gasteiger charge is -1.95. The van der Waals surface area contributed by atoms with Gasteiger partial charge in [-0.1, -0.05) is 42.5 Å². The highest BCUT2D eigenvalue weighted by Gasteiger charge is 2.29. The van der Waals surface area contributed by atoms with Crippen molar-refractivity contribution in [1.29, 1.82) is 0 Å². The van der Waals surface area contributed by atoms with Crippen LogP contribution >= 0.6 is 12.2 Å². The van der Waals surface area contributed by atoms with E-state index in [-0.39, 0.29) is 5.78 Å². The predicted molar refractivity (Wildman–Crippen MR) is 64.8 cm³/mol. The Morgan fingerprint density at radius 2 is 1.94 bits per heavy atom. The van der Waals surface area contributed by atoms with Crippen LogP contribution in [0.1, 0.15) is 22.5 Å². The minimum atomic E-state index is 0.0610. The van der Waals surface area contributed by atoms with E-state index in [1.807, 2.05) is 30.3 Å². The van der Waals surface area contributed by atoms with Gasteiger partial charge in [-0.2, -0.15) is 0 Å². The molecule has 0 fully saturated rings. The van der Waals surface area contributed by atoms with Crippen LogP contribution in [0.25, 0.3) is 11.3 Å². The quantitative estimate of drug-likeness (QED) is 0.702. The molecule has 1 aromatic heterocycles. The minimum absolute atomic E-state index is 0.0610. The maximum atomic E-state index is 11.6. The number of benzene rings is 1. The van der Waals surface area contributed by atoms with E-state index in [1.54, 1.807) is 6.07 Å². The number of Topliss-reactive ketones (excluding diaryl/α,β-unsaturated/α-hetero) is 1. The van der Waals surface area contributed by atoms with E-state index in [1.165, 1.54) is 0 Å². The third kappa shape index (κ3) is 1.32. The number of hydrogen-bond acceptors (Lipinski definition) is 3. The summed E-state index contributed by atoms with van der Waals surface area (Å²) in [5.41, 5.74) is 1.59. The maximum Gasteiger partial charge on any atom is 0.172 e. The Hall–Kier alpha value is -1.74. The van der Waals surface area contributed by atoms with Gasteiger partial charge in [0.25, 0.3) is 0 Å². The fourth-order valence-corrected chi connectivity index (χ4v) is 2.15. The first-order valence-electron chi connectivity index (χ1n) is 5.01. The van der Waals surface area contributed by atoms with Crippen molar-refractivity contribution in [2.24, 2.45) is 0 Å². The van der Waals surface area contributed by atoms with Crippen molar-refractivity contribution in [3.8, 4) is 11.3 Å². The Morgan fingerprint density at radius 1 is 1.19 bits per heavy atom. The molecule has 0 amide bonds. The SMILES string of the molecule is O=C1CC(=S)c2oc(-c3ccccc3)cc21. The lowest BCUT2D eigenvalue weighted by Crippen LogP contribution is -1.91. The van der Waals surface area contributed by atoms with E-state index >= 15 is 0 Å². The van der Waals surface area contributed by atoms with Crippen molar-refractivity contribution in [3.05, 3.63) is 47.7 Å². The van der Waals surface area contributed by atoms with Crippen LogP contribution < -0.4 is 0 Å². The molecule has 0 saturated heterocycles. The molecule has 3 rings (SSSR count). The van der Waals surface area contributed by atoms with Crippen LogP contribution in [0.2, 0.25) is 0 Å². The van der Waals surface area contributed by atoms with Crippen LogP contribution in [0.4, 0.5) is 0 Å². The van der Waals surface area contributed by atoms with Crippen molar-refractivity contribution in [3.63, 3.8) is 0 Å². The predicted octanol–water partition coefficient (Wildman–Crippen LogP) is 3.25. The van der Waals surface area contributed by atoms with Gasteiger partial charge < -0.3 is 4.42 Å². The van der Waals surface area contributed by atoms with Gasteiger partial charge >= 0.3 is 0 Å². The van der Waals surface area contributed by atoms with Crippen molar-refractivity contribution < 1.29 is 9.21 Å². The number of carbonyl (C=O) groups excluding carboxylic acids is 1. The van der Waals surface area contributed by atoms with Crippen molar-refractivity contribution >= 4 is 22.9 Å². The van der Waals surface area contributed by atoms with E-state index in [4.69, 9.17) is 16.6 Å². The Kier molecular flexibility index (Phi) is 2.01. The van der Waals surface area contributed by atoms with Gasteiger partial charge in [-0.25, -0.2) is 0 Å². The van der Waals surface area contributed by atoms with Crippen molar-refractivity contribution in [2.75, 3.05) is 0 Å². The van der Waals surface area contributed by atoms with Gasteiger partial charge in [-0.3, -0.25) is 4.79 Å². The summed E-state index contributed by atoms with van der Waals surface area (Å²) in [7, 11) is 0. The highest BCUT2D eigenvalue weighted by atomic mass is 32.1. The molecular formula is C13H8O2S. The number of fused-ring (bicyclic) bond motifs is 1. The lowest BCUT2D eigenvalue weighted by atomic mass is 10.1. The first kappa shape index (κ1) is 9.48. The molecule has 16 heavy (non-hydrogen) atoms. The minimum Gasteiger partial charge on any atom is -0.455 e. The molecule has 1 aliphatic rings. The fraction of sp³-hybridized carbons (Fsp3) is 0.0769. The van der Waals surface area contributed by atoms with Crippen LogP contribution in [-0.4, -0.2) is 10.6 Å². The summed E-state index contributed by atoms with van der Waals surface area (Å²) in [4.78, 5) is 12.2. The largest absolute Gasteiger partial charge is 0.455 e. The lowest BCUT2D eigenvalue weighted by molar-refractivity contribution is 0.101. The Bertz CT molecular complexity index is 550. The van der Waals surface area contributed by atoms with Crippen LogP contribution in [0.3, 0.4) is 0 Å². The highest BCUT2D eigenvalue weighted by Crippen LogP contribution is 2.31. The monoisotopic (exact) mass is 228 g/mol. The van der Waals surface area contributed by atoms with Gasteiger partial charge in [-0.05, 0) is 6.07 Å². The van der Waals surface area contributed by atoms with Gasteiger partial charge in [0, 0.05) is 5.56 Å². The second kappa shape index (κ2) is 3.39. The number of thiocarbonyl (C=S) groups is 1. The number of furan rings is 1. The van der Waals surface area contributed by atoms with Gasteiger partial charge in [0.15, 0.2) is 11.5 Å². The summed E-state index contributed by atoms with van der Waals surface area (Å²) in [6.45, 7) is 0. The summed E-state index contributed by atoms with van der Waals surface area (Å²) >= 11 is 5.10. The molecule has 2 nitrogen and oxygen atoms in total. The number of carbonyl (C=O) groups is 1. The summed E-state index contributed by atoms with van der Waals surface area (Å²) < 4.78 is 5.63. The first-order chi connectivity index (χ1) is 7.75. The van der Waals surface area contributed by atoms with Crippen LogP contribution in [0, 0.1) is 0 Å². The van der Waals surface area contributed by atoms with Gasteiger partial charge in [-0.15, -0.1) is 0 Å². The smallest absolute Gasteiger partial charge is 0.172 e. The van der Waals surface area contributed by atoms with Crippen molar-refractivity contribution in [2.45, 2.75) is 6.42 Å². The van der Waals surface area contributed by atoms with E-state index in [9.17, 15) is 4.79 Å². The van der Waals surface area contributed by atoms with E-state index in [0.717, 1.165) is 5.56 Å². The van der Waals surface area contributed by atoms with E-state index in [2.05, 4.69) is 0 Å². The average Bonchev–Trinajstić information content (AvgIpc) is 2.83. The summed E-state index contributed by atoms with van der Waals surface area (Å²) in [5, 5.41) is 0. The number of hydrogen-bond donors (Lipinski definition) is 0. The maximum absolute atomic E-state index is 11.6. The van der Waals surface area contributed by atoms with Gasteiger partial charge in [0.2, 0.25) is 0 Å². The molecule has 0 saturated carbocycles. The molecule has 0 N–H and O–H groups in total. The fourth-order valence-electron chi connectivity index (χ4n) is 1.87. The molecule has 2 aromatic rings. The molecule has 0 unspecified atom stereocenters. The zero-order valence-electron chi connectivity index (χ0n) is 8.40. The third-order valence-corrected chi connectivity index (χ3v) is 2.99. The molecule has 1 aromatic carbocycles. The van der Waals surface area contributed by atoms with Crippen LogP contribution in [0.15, 0.2) is 40.8 Å². The van der Waals surface area contributed by atoms with Gasteiger partial charge in [0.05, 0.1) is 16.8 Å². The summed E-state index contributed by atoms with van der Waals surface area (Å²) in [6.07, 6.45) is 0.318. The van der Waals surface area contributed by atoms with Crippen LogP contribution in [0.5, 0.6) is 0 Å². The van der Waals surface area contributed by atoms with Crippen molar-refractivity contribution in [1.82, 2.24) is 0 Å². The highest BCUT2D eigenvalue weighted by molar-refractivity contribution is 7.81. The molecular weight excluding hydrogens is 220 g/mol. The van der Waals surface area contributed by atoms with E-state index < -0.39 is 0 Å². The zero-order valence-corrected chi connectivity index (χ0v) is 9.21. The molecule has 0 bridgehead atoms. The Balaban J connectivity index is 2.14. The topological polar surface area (TPSA) is 30.2 Å². The zero-order chi connectivity index (χ0) is 11.1. The summed E-state index contributed by atoms with van der Waals surface area (Å²) in [6, 6.07) is 11.5. The van der Waals surface area contributed by atoms with E-state index in [0.29, 0.717) is 28.4 Å². The third-order valence-electron chi connectivity index (χ3n) is 2.67. The summed E-state index contributed by atoms with van der Waals surface area (Å²) in [5.74, 6) is 1.35. The number of ketones is 1. The molecule has 0 spiro atoms. The molecule has 3 heteroatoms. The molecule has 0 aliphatic heterocycles. The second-order valence-corrected chi connectivity index (χ2v) is 4.24. The number of rotatable bonds is 1. The first-order valence-corrected chi connectivity index (χ1v) is 5.42. The average molecular weight is 228 g/mol. The Morgan fingerprint density at radius 3 is 2.62 bits per heavy atom. The second-order valence-electron chi connectivity index (χ2n) is 3.74. The molecule has 78 valence electrons. The normalized spacial score (nSPS) is 14.2. The molecule has 0 radical (unpaired) electrons. The Labute approximate surface area is 97.9 Å². The van der Waals surface area contributed by atoms with Gasteiger partial charge in [0.1, 0.15) is 5.76 Å². The standard InChI is InChI=1S/C13H8O2S/c14-10-7-12(16)13-9(10)6-11(15-13)8-4-2-1-3-5-8/h1-6H,7H2. The van der Waals surface area contributed by atoms with Crippen LogP contribution in [-0.2, 0) is 0 Å². The molecule has 1 heterocycles. The molecule has 1 aliphatic carbocycles.